The first kappa shape index (κ1) is 13.2. The number of carbonyl (C=O) groups is 1. The van der Waals surface area contributed by atoms with Crippen molar-refractivity contribution in [3.8, 4) is 0 Å². The number of benzene rings is 1. The summed E-state index contributed by atoms with van der Waals surface area (Å²) in [6, 6.07) is 15.0. The summed E-state index contributed by atoms with van der Waals surface area (Å²) in [6.45, 7) is 0.481. The molecule has 1 N–H and O–H groups in total. The maximum atomic E-state index is 11.7. The number of rotatable bonds is 3. The van der Waals surface area contributed by atoms with Crippen molar-refractivity contribution in [2.45, 2.75) is 6.67 Å². The molecule has 0 unspecified atom stereocenters. The normalized spacial score (nSPS) is 9.18. The van der Waals surface area contributed by atoms with Crippen molar-refractivity contribution in [1.29, 1.82) is 0 Å². The minimum atomic E-state index is -0.0584. The highest BCUT2D eigenvalue weighted by Gasteiger charge is 2.05. The van der Waals surface area contributed by atoms with Crippen molar-refractivity contribution < 1.29 is 9.36 Å². The Morgan fingerprint density at radius 3 is 2.24 bits per heavy atom. The predicted octanol–water partition coefficient (Wildman–Crippen LogP) is 1.78. The van der Waals surface area contributed by atoms with Gasteiger partial charge in [-0.2, -0.15) is 4.57 Å². The van der Waals surface area contributed by atoms with Gasteiger partial charge in [-0.05, 0) is 12.1 Å². The van der Waals surface area contributed by atoms with E-state index in [9.17, 15) is 4.79 Å². The lowest BCUT2D eigenvalue weighted by Crippen LogP contribution is -2.42. The van der Waals surface area contributed by atoms with Crippen LogP contribution < -0.4 is 9.88 Å². The highest BCUT2D eigenvalue weighted by molar-refractivity contribution is 5.93. The van der Waals surface area contributed by atoms with E-state index < -0.39 is 0 Å². The second kappa shape index (κ2) is 6.66. The van der Waals surface area contributed by atoms with E-state index in [2.05, 4.69) is 5.32 Å². The lowest BCUT2D eigenvalue weighted by Gasteiger charge is -2.01. The molecule has 0 radical (unpaired) electrons. The van der Waals surface area contributed by atoms with E-state index in [-0.39, 0.29) is 18.3 Å². The third-order valence-electron chi connectivity index (χ3n) is 2.24. The number of aromatic nitrogens is 1. The second-order valence-corrected chi connectivity index (χ2v) is 3.42. The first-order valence-electron chi connectivity index (χ1n) is 5.13. The van der Waals surface area contributed by atoms with Gasteiger partial charge in [-0.15, -0.1) is 12.4 Å². The van der Waals surface area contributed by atoms with Gasteiger partial charge in [-0.25, -0.2) is 0 Å². The Bertz CT molecular complexity index is 459. The molecule has 2 aromatic rings. The number of nitrogens with zero attached hydrogens (tertiary/aromatic N) is 1. The topological polar surface area (TPSA) is 33.0 Å². The number of hydrogen-bond acceptors (Lipinski definition) is 1. The fourth-order valence-corrected chi connectivity index (χ4v) is 1.39. The summed E-state index contributed by atoms with van der Waals surface area (Å²) in [5.41, 5.74) is 0.680. The van der Waals surface area contributed by atoms with Gasteiger partial charge in [-0.1, -0.05) is 24.3 Å². The van der Waals surface area contributed by atoms with Crippen LogP contribution in [0.3, 0.4) is 0 Å². The van der Waals surface area contributed by atoms with Crippen LogP contribution in [0.1, 0.15) is 10.4 Å². The van der Waals surface area contributed by atoms with Crippen LogP contribution in [0.15, 0.2) is 60.9 Å². The van der Waals surface area contributed by atoms with Crippen LogP contribution in [0.4, 0.5) is 0 Å². The van der Waals surface area contributed by atoms with Crippen LogP contribution in [-0.4, -0.2) is 5.91 Å². The molecule has 0 saturated heterocycles. The fraction of sp³-hybridized carbons (Fsp3) is 0.0769. The molecular formula is C13H14ClN2O+. The predicted molar refractivity (Wildman–Crippen MR) is 67.8 cm³/mol. The molecule has 3 nitrogen and oxygen atoms in total. The zero-order chi connectivity index (χ0) is 11.2. The summed E-state index contributed by atoms with van der Waals surface area (Å²) >= 11 is 0. The van der Waals surface area contributed by atoms with Gasteiger partial charge >= 0.3 is 0 Å². The Hall–Kier alpha value is -1.87. The van der Waals surface area contributed by atoms with E-state index in [1.165, 1.54) is 0 Å². The summed E-state index contributed by atoms with van der Waals surface area (Å²) < 4.78 is 1.90. The van der Waals surface area contributed by atoms with E-state index in [0.29, 0.717) is 12.2 Å². The van der Waals surface area contributed by atoms with Crippen molar-refractivity contribution in [3.05, 3.63) is 66.5 Å². The lowest BCUT2D eigenvalue weighted by molar-refractivity contribution is -0.699. The van der Waals surface area contributed by atoms with Gasteiger partial charge < -0.3 is 0 Å². The summed E-state index contributed by atoms with van der Waals surface area (Å²) in [5, 5.41) is 2.84. The molecule has 0 aliphatic rings. The van der Waals surface area contributed by atoms with Crippen molar-refractivity contribution in [2.24, 2.45) is 0 Å². The fourth-order valence-electron chi connectivity index (χ4n) is 1.39. The maximum Gasteiger partial charge on any atom is 0.256 e. The molecular weight excluding hydrogens is 236 g/mol. The van der Waals surface area contributed by atoms with E-state index in [1.807, 2.05) is 53.4 Å². The Balaban J connectivity index is 0.00000144. The number of amides is 1. The van der Waals surface area contributed by atoms with Gasteiger partial charge in [0.2, 0.25) is 6.67 Å². The van der Waals surface area contributed by atoms with E-state index in [0.717, 1.165) is 0 Å². The van der Waals surface area contributed by atoms with Crippen LogP contribution in [0.5, 0.6) is 0 Å². The highest BCUT2D eigenvalue weighted by Crippen LogP contribution is 1.96. The van der Waals surface area contributed by atoms with E-state index in [4.69, 9.17) is 0 Å². The summed E-state index contributed by atoms with van der Waals surface area (Å²) in [7, 11) is 0. The Morgan fingerprint density at radius 2 is 1.59 bits per heavy atom. The minimum Gasteiger partial charge on any atom is -0.297 e. The molecule has 0 atom stereocenters. The Kier molecular flexibility index (Phi) is 5.17. The molecule has 0 fully saturated rings. The number of halogens is 1. The molecule has 1 heterocycles. The Labute approximate surface area is 107 Å². The third kappa shape index (κ3) is 3.89. The van der Waals surface area contributed by atoms with Gasteiger partial charge in [0, 0.05) is 17.7 Å². The third-order valence-corrected chi connectivity index (χ3v) is 2.24. The molecule has 0 spiro atoms. The molecule has 0 aliphatic carbocycles. The van der Waals surface area contributed by atoms with Gasteiger partial charge in [-0.3, -0.25) is 10.1 Å². The SMILES string of the molecule is Cl.O=C(NC[n+]1ccccc1)c1ccccc1. The number of pyridine rings is 1. The molecule has 1 amide bonds. The van der Waals surface area contributed by atoms with Crippen molar-refractivity contribution in [3.63, 3.8) is 0 Å². The molecule has 0 saturated carbocycles. The standard InChI is InChI=1S/C13H12N2O.ClH/c16-13(12-7-3-1-4-8-12)14-11-15-9-5-2-6-10-15;/h1-10H,11H2;1H/p+1. The van der Waals surface area contributed by atoms with Gasteiger partial charge in [0.05, 0.1) is 0 Å². The van der Waals surface area contributed by atoms with Gasteiger partial charge in [0.25, 0.3) is 5.91 Å². The molecule has 1 aromatic heterocycles. The summed E-state index contributed by atoms with van der Waals surface area (Å²) in [4.78, 5) is 11.7. The average Bonchev–Trinajstić information content (AvgIpc) is 2.38. The second-order valence-electron chi connectivity index (χ2n) is 3.42. The van der Waals surface area contributed by atoms with Gasteiger partial charge in [0.1, 0.15) is 0 Å². The molecule has 0 bridgehead atoms. The quantitative estimate of drug-likeness (QED) is 0.827. The smallest absolute Gasteiger partial charge is 0.256 e. The maximum absolute atomic E-state index is 11.7. The Morgan fingerprint density at radius 1 is 1.00 bits per heavy atom. The van der Waals surface area contributed by atoms with E-state index >= 15 is 0 Å². The summed E-state index contributed by atoms with van der Waals surface area (Å²) in [5.74, 6) is -0.0584. The number of nitrogens with one attached hydrogen (secondary N) is 1. The monoisotopic (exact) mass is 249 g/mol. The zero-order valence-corrected chi connectivity index (χ0v) is 10.1. The van der Waals surface area contributed by atoms with Crippen molar-refractivity contribution >= 4 is 18.3 Å². The zero-order valence-electron chi connectivity index (χ0n) is 9.24. The van der Waals surface area contributed by atoms with Crippen LogP contribution in [0.25, 0.3) is 0 Å². The van der Waals surface area contributed by atoms with Crippen LogP contribution in [-0.2, 0) is 6.67 Å². The van der Waals surface area contributed by atoms with Crippen molar-refractivity contribution in [2.75, 3.05) is 0 Å². The summed E-state index contributed by atoms with van der Waals surface area (Å²) in [6.07, 6.45) is 3.82. The molecule has 4 heteroatoms. The lowest BCUT2D eigenvalue weighted by atomic mass is 10.2. The number of hydrogen-bond donors (Lipinski definition) is 1. The largest absolute Gasteiger partial charge is 0.297 e. The van der Waals surface area contributed by atoms with Crippen molar-refractivity contribution in [1.82, 2.24) is 5.32 Å². The molecule has 2 rings (SSSR count). The minimum absolute atomic E-state index is 0. The average molecular weight is 250 g/mol. The van der Waals surface area contributed by atoms with E-state index in [1.54, 1.807) is 12.1 Å². The molecule has 0 aliphatic heterocycles. The molecule has 17 heavy (non-hydrogen) atoms. The van der Waals surface area contributed by atoms with Crippen LogP contribution in [0, 0.1) is 0 Å². The molecule has 1 aromatic carbocycles. The van der Waals surface area contributed by atoms with Gasteiger partial charge in [0.15, 0.2) is 12.4 Å². The first-order valence-corrected chi connectivity index (χ1v) is 5.13. The van der Waals surface area contributed by atoms with Crippen LogP contribution in [0.2, 0.25) is 0 Å². The van der Waals surface area contributed by atoms with Crippen LogP contribution >= 0.6 is 12.4 Å². The molecule has 88 valence electrons. The first-order chi connectivity index (χ1) is 7.86. The number of carbonyl (C=O) groups excluding carboxylic acids is 1. The highest BCUT2D eigenvalue weighted by atomic mass is 35.5.